The van der Waals surface area contributed by atoms with Crippen LogP contribution in [0.1, 0.15) is 25.7 Å². The van der Waals surface area contributed by atoms with Crippen LogP contribution in [-0.2, 0) is 0 Å². The number of hydrogen-bond acceptors (Lipinski definition) is 4. The largest absolute Gasteiger partial charge is 0.395 e. The summed E-state index contributed by atoms with van der Waals surface area (Å²) in [6.07, 6.45) is 6.43. The fourth-order valence-corrected chi connectivity index (χ4v) is 2.87. The fraction of sp³-hybridized carbons (Fsp3) is 0.636. The molecule has 6 heteroatoms. The SMILES string of the molecule is OCCN(c1nc(Cl)ncc1Br)C1CCCC1. The van der Waals surface area contributed by atoms with Crippen LogP contribution >= 0.6 is 27.5 Å². The van der Waals surface area contributed by atoms with Gasteiger partial charge in [0.05, 0.1) is 11.1 Å². The van der Waals surface area contributed by atoms with Gasteiger partial charge in [0.2, 0.25) is 5.28 Å². The van der Waals surface area contributed by atoms with E-state index in [1.54, 1.807) is 6.20 Å². The van der Waals surface area contributed by atoms with Gasteiger partial charge in [0.1, 0.15) is 5.82 Å². The lowest BCUT2D eigenvalue weighted by molar-refractivity contribution is 0.296. The van der Waals surface area contributed by atoms with Gasteiger partial charge in [-0.25, -0.2) is 4.98 Å². The second-order valence-corrected chi connectivity index (χ2v) is 5.36. The van der Waals surface area contributed by atoms with E-state index in [0.717, 1.165) is 23.1 Å². The van der Waals surface area contributed by atoms with Crippen LogP contribution in [0.3, 0.4) is 0 Å². The average molecular weight is 321 g/mol. The lowest BCUT2D eigenvalue weighted by Gasteiger charge is -2.30. The van der Waals surface area contributed by atoms with Crippen LogP contribution in [0.4, 0.5) is 5.82 Å². The van der Waals surface area contributed by atoms with Gasteiger partial charge in [-0.15, -0.1) is 0 Å². The molecule has 4 nitrogen and oxygen atoms in total. The summed E-state index contributed by atoms with van der Waals surface area (Å²) in [4.78, 5) is 10.3. The highest BCUT2D eigenvalue weighted by Gasteiger charge is 2.25. The highest BCUT2D eigenvalue weighted by Crippen LogP contribution is 2.31. The Labute approximate surface area is 114 Å². The molecule has 2 rings (SSSR count). The molecule has 1 aromatic heterocycles. The van der Waals surface area contributed by atoms with E-state index in [9.17, 15) is 5.11 Å². The minimum atomic E-state index is 0.116. The minimum absolute atomic E-state index is 0.116. The number of aliphatic hydroxyl groups excluding tert-OH is 1. The number of rotatable bonds is 4. The Balaban J connectivity index is 2.27. The van der Waals surface area contributed by atoms with Crippen molar-refractivity contribution in [2.45, 2.75) is 31.7 Å². The number of hydrogen-bond donors (Lipinski definition) is 1. The van der Waals surface area contributed by atoms with Crippen LogP contribution < -0.4 is 4.90 Å². The molecule has 0 spiro atoms. The normalized spacial score (nSPS) is 16.4. The number of aromatic nitrogens is 2. The molecule has 0 aliphatic heterocycles. The molecule has 0 amide bonds. The van der Waals surface area contributed by atoms with Crippen molar-refractivity contribution in [2.24, 2.45) is 0 Å². The molecule has 1 saturated carbocycles. The fourth-order valence-electron chi connectivity index (χ4n) is 2.32. The maximum absolute atomic E-state index is 9.19. The molecule has 0 radical (unpaired) electrons. The van der Waals surface area contributed by atoms with Gasteiger partial charge in [-0.2, -0.15) is 4.98 Å². The van der Waals surface area contributed by atoms with Crippen molar-refractivity contribution in [1.82, 2.24) is 9.97 Å². The predicted octanol–water partition coefficient (Wildman–Crippen LogP) is 2.63. The van der Waals surface area contributed by atoms with Gasteiger partial charge in [-0.3, -0.25) is 0 Å². The summed E-state index contributed by atoms with van der Waals surface area (Å²) in [5.41, 5.74) is 0. The molecule has 0 aromatic carbocycles. The molecule has 1 N–H and O–H groups in total. The van der Waals surface area contributed by atoms with Gasteiger partial charge in [-0.05, 0) is 40.4 Å². The van der Waals surface area contributed by atoms with Gasteiger partial charge in [0.25, 0.3) is 0 Å². The zero-order valence-electron chi connectivity index (χ0n) is 9.44. The Morgan fingerprint density at radius 2 is 2.18 bits per heavy atom. The van der Waals surface area contributed by atoms with Crippen molar-refractivity contribution >= 4 is 33.3 Å². The molecule has 0 atom stereocenters. The highest BCUT2D eigenvalue weighted by molar-refractivity contribution is 9.10. The first-order chi connectivity index (χ1) is 8.22. The molecule has 1 fully saturated rings. The topological polar surface area (TPSA) is 49.2 Å². The smallest absolute Gasteiger partial charge is 0.224 e. The maximum atomic E-state index is 9.19. The van der Waals surface area contributed by atoms with Crippen LogP contribution in [0.25, 0.3) is 0 Å². The molecule has 1 aliphatic carbocycles. The Kier molecular flexibility index (Phi) is 4.59. The Hall–Kier alpha value is -0.390. The average Bonchev–Trinajstić information content (AvgIpc) is 2.83. The summed E-state index contributed by atoms with van der Waals surface area (Å²) >= 11 is 9.28. The molecular formula is C11H15BrClN3O. The molecule has 1 aliphatic rings. The number of anilines is 1. The van der Waals surface area contributed by atoms with E-state index in [2.05, 4.69) is 30.8 Å². The van der Waals surface area contributed by atoms with Crippen molar-refractivity contribution in [2.75, 3.05) is 18.1 Å². The van der Waals surface area contributed by atoms with Crippen LogP contribution in [-0.4, -0.2) is 34.3 Å². The zero-order chi connectivity index (χ0) is 12.3. The van der Waals surface area contributed by atoms with E-state index in [1.807, 2.05) is 0 Å². The zero-order valence-corrected chi connectivity index (χ0v) is 11.8. The third-order valence-corrected chi connectivity index (χ3v) is 3.82. The first-order valence-electron chi connectivity index (χ1n) is 5.78. The highest BCUT2D eigenvalue weighted by atomic mass is 79.9. The van der Waals surface area contributed by atoms with Crippen LogP contribution in [0.2, 0.25) is 5.28 Å². The van der Waals surface area contributed by atoms with Crippen LogP contribution in [0, 0.1) is 0 Å². The molecule has 1 aromatic rings. The summed E-state index contributed by atoms with van der Waals surface area (Å²) in [5, 5.41) is 9.43. The van der Waals surface area contributed by atoms with Crippen molar-refractivity contribution in [3.63, 3.8) is 0 Å². The minimum Gasteiger partial charge on any atom is -0.395 e. The second kappa shape index (κ2) is 5.98. The Morgan fingerprint density at radius 3 is 2.82 bits per heavy atom. The summed E-state index contributed by atoms with van der Waals surface area (Å²) in [5.74, 6) is 0.783. The molecule has 0 saturated heterocycles. The summed E-state index contributed by atoms with van der Waals surface area (Å²) in [7, 11) is 0. The van der Waals surface area contributed by atoms with Gasteiger partial charge < -0.3 is 10.0 Å². The van der Waals surface area contributed by atoms with Crippen molar-refractivity contribution < 1.29 is 5.11 Å². The predicted molar refractivity (Wildman–Crippen MR) is 71.4 cm³/mol. The van der Waals surface area contributed by atoms with Crippen molar-refractivity contribution in [1.29, 1.82) is 0 Å². The number of aliphatic hydroxyl groups is 1. The molecule has 0 unspecified atom stereocenters. The number of nitrogens with zero attached hydrogens (tertiary/aromatic N) is 3. The third-order valence-electron chi connectivity index (χ3n) is 3.07. The number of halogens is 2. The van der Waals surface area contributed by atoms with Crippen LogP contribution in [0.15, 0.2) is 10.7 Å². The van der Waals surface area contributed by atoms with Crippen LogP contribution in [0.5, 0.6) is 0 Å². The van der Waals surface area contributed by atoms with E-state index in [0.29, 0.717) is 12.6 Å². The van der Waals surface area contributed by atoms with E-state index in [4.69, 9.17) is 11.6 Å². The molecule has 94 valence electrons. The standard InChI is InChI=1S/C11H15BrClN3O/c12-9-7-14-11(13)15-10(9)16(5-6-17)8-3-1-2-4-8/h7-8,17H,1-6H2. The third kappa shape index (κ3) is 3.09. The summed E-state index contributed by atoms with van der Waals surface area (Å²) < 4.78 is 0.822. The summed E-state index contributed by atoms with van der Waals surface area (Å²) in [6, 6.07) is 0.449. The van der Waals surface area contributed by atoms with Gasteiger partial charge in [-0.1, -0.05) is 12.8 Å². The molecule has 1 heterocycles. The molecular weight excluding hydrogens is 305 g/mol. The second-order valence-electron chi connectivity index (χ2n) is 4.17. The maximum Gasteiger partial charge on any atom is 0.224 e. The van der Waals surface area contributed by atoms with Gasteiger partial charge in [0.15, 0.2) is 0 Å². The van der Waals surface area contributed by atoms with Crippen molar-refractivity contribution in [3.05, 3.63) is 16.0 Å². The lowest BCUT2D eigenvalue weighted by Crippen LogP contribution is -2.36. The Bertz CT molecular complexity index is 385. The first-order valence-corrected chi connectivity index (χ1v) is 6.95. The van der Waals surface area contributed by atoms with Crippen molar-refractivity contribution in [3.8, 4) is 0 Å². The van der Waals surface area contributed by atoms with E-state index < -0.39 is 0 Å². The van der Waals surface area contributed by atoms with Gasteiger partial charge >= 0.3 is 0 Å². The van der Waals surface area contributed by atoms with E-state index >= 15 is 0 Å². The van der Waals surface area contributed by atoms with E-state index in [1.165, 1.54) is 12.8 Å². The first kappa shape index (κ1) is 13.1. The van der Waals surface area contributed by atoms with Gasteiger partial charge in [0, 0.05) is 18.8 Å². The molecule has 0 bridgehead atoms. The lowest BCUT2D eigenvalue weighted by atomic mass is 10.2. The molecule has 17 heavy (non-hydrogen) atoms. The summed E-state index contributed by atoms with van der Waals surface area (Å²) in [6.45, 7) is 0.696. The quantitative estimate of drug-likeness (QED) is 0.867. The monoisotopic (exact) mass is 319 g/mol. The van der Waals surface area contributed by atoms with E-state index in [-0.39, 0.29) is 11.9 Å². The Morgan fingerprint density at radius 1 is 1.47 bits per heavy atom.